The molecule has 0 unspecified atom stereocenters. The van der Waals surface area contributed by atoms with Crippen LogP contribution in [-0.4, -0.2) is 37.4 Å². The maximum absolute atomic E-state index is 12.6. The first-order valence-corrected chi connectivity index (χ1v) is 9.05. The lowest BCUT2D eigenvalue weighted by molar-refractivity contribution is 0.0696. The fourth-order valence-corrected chi connectivity index (χ4v) is 4.85. The van der Waals surface area contributed by atoms with Gasteiger partial charge in [0.1, 0.15) is 0 Å². The summed E-state index contributed by atoms with van der Waals surface area (Å²) in [5.41, 5.74) is -0.0361. The van der Waals surface area contributed by atoms with Crippen LogP contribution in [-0.2, 0) is 10.0 Å². The Morgan fingerprint density at radius 1 is 1.38 bits per heavy atom. The Labute approximate surface area is 133 Å². The average Bonchev–Trinajstić information content (AvgIpc) is 2.91. The van der Waals surface area contributed by atoms with Gasteiger partial charge in [0, 0.05) is 18.1 Å². The monoisotopic (exact) mass is 375 g/mol. The smallest absolute Gasteiger partial charge is 0.335 e. The molecule has 1 aliphatic rings. The number of sulfonamides is 1. The number of carboxylic acid groups (broad SMARTS) is 1. The standard InChI is InChI=1S/C14H18BrNO4S/c1-16(9-10-4-2-3-5-10)21(19,20)13-8-11(14(17)18)6-7-12(13)15/h6-8,10H,2-5,9H2,1H3,(H,17,18). The highest BCUT2D eigenvalue weighted by atomic mass is 79.9. The molecular weight excluding hydrogens is 358 g/mol. The van der Waals surface area contributed by atoms with Crippen molar-refractivity contribution in [2.75, 3.05) is 13.6 Å². The fraction of sp³-hybridized carbons (Fsp3) is 0.500. The maximum Gasteiger partial charge on any atom is 0.335 e. The van der Waals surface area contributed by atoms with E-state index in [9.17, 15) is 13.2 Å². The molecule has 1 aliphatic carbocycles. The average molecular weight is 376 g/mol. The number of benzene rings is 1. The van der Waals surface area contributed by atoms with Gasteiger partial charge in [0.05, 0.1) is 10.5 Å². The van der Waals surface area contributed by atoms with Gasteiger partial charge in [-0.1, -0.05) is 12.8 Å². The highest BCUT2D eigenvalue weighted by Crippen LogP contribution is 2.29. The molecule has 1 fully saturated rings. The van der Waals surface area contributed by atoms with Crippen molar-refractivity contribution >= 4 is 31.9 Å². The first kappa shape index (κ1) is 16.5. The summed E-state index contributed by atoms with van der Waals surface area (Å²) in [4.78, 5) is 11.0. The molecule has 0 saturated heterocycles. The summed E-state index contributed by atoms with van der Waals surface area (Å²) < 4.78 is 26.9. The van der Waals surface area contributed by atoms with Crippen molar-refractivity contribution in [2.24, 2.45) is 5.92 Å². The van der Waals surface area contributed by atoms with Crippen molar-refractivity contribution in [1.82, 2.24) is 4.31 Å². The van der Waals surface area contributed by atoms with E-state index < -0.39 is 16.0 Å². The van der Waals surface area contributed by atoms with Gasteiger partial charge in [-0.05, 0) is 52.9 Å². The third kappa shape index (κ3) is 3.64. The first-order valence-electron chi connectivity index (χ1n) is 6.81. The topological polar surface area (TPSA) is 74.7 Å². The van der Waals surface area contributed by atoms with Gasteiger partial charge in [-0.3, -0.25) is 0 Å². The van der Waals surface area contributed by atoms with Crippen molar-refractivity contribution in [3.05, 3.63) is 28.2 Å². The number of hydrogen-bond donors (Lipinski definition) is 1. The fourth-order valence-electron chi connectivity index (χ4n) is 2.66. The van der Waals surface area contributed by atoms with Crippen molar-refractivity contribution in [3.63, 3.8) is 0 Å². The second-order valence-electron chi connectivity index (χ2n) is 5.39. The Morgan fingerprint density at radius 3 is 2.57 bits per heavy atom. The molecular formula is C14H18BrNO4S. The predicted molar refractivity (Wildman–Crippen MR) is 82.9 cm³/mol. The molecule has 0 amide bonds. The summed E-state index contributed by atoms with van der Waals surface area (Å²) in [5, 5.41) is 9.01. The molecule has 0 bridgehead atoms. The molecule has 2 rings (SSSR count). The van der Waals surface area contributed by atoms with Crippen molar-refractivity contribution in [1.29, 1.82) is 0 Å². The van der Waals surface area contributed by atoms with Crippen molar-refractivity contribution < 1.29 is 18.3 Å². The molecule has 1 saturated carbocycles. The van der Waals surface area contributed by atoms with E-state index in [1.807, 2.05) is 0 Å². The van der Waals surface area contributed by atoms with Crippen LogP contribution in [0.1, 0.15) is 36.0 Å². The van der Waals surface area contributed by atoms with Crippen LogP contribution in [0.4, 0.5) is 0 Å². The zero-order valence-electron chi connectivity index (χ0n) is 11.8. The second kappa shape index (κ2) is 6.46. The van der Waals surface area contributed by atoms with Crippen LogP contribution in [0.3, 0.4) is 0 Å². The van der Waals surface area contributed by atoms with E-state index in [1.165, 1.54) is 22.5 Å². The summed E-state index contributed by atoms with van der Waals surface area (Å²) in [6.07, 6.45) is 4.40. The number of aromatic carboxylic acids is 1. The molecule has 0 radical (unpaired) electrons. The molecule has 0 heterocycles. The number of carbonyl (C=O) groups is 1. The molecule has 0 aliphatic heterocycles. The molecule has 116 valence electrons. The molecule has 1 aromatic rings. The normalized spacial score (nSPS) is 16.5. The van der Waals surface area contributed by atoms with Crippen LogP contribution < -0.4 is 0 Å². The third-order valence-corrected chi connectivity index (χ3v) is 6.67. The summed E-state index contributed by atoms with van der Waals surface area (Å²) in [6, 6.07) is 4.04. The summed E-state index contributed by atoms with van der Waals surface area (Å²) in [6.45, 7) is 0.478. The molecule has 5 nitrogen and oxygen atoms in total. The highest BCUT2D eigenvalue weighted by molar-refractivity contribution is 9.10. The minimum Gasteiger partial charge on any atom is -0.478 e. The maximum atomic E-state index is 12.6. The van der Waals surface area contributed by atoms with Crippen LogP contribution in [0.2, 0.25) is 0 Å². The highest BCUT2D eigenvalue weighted by Gasteiger charge is 2.27. The van der Waals surface area contributed by atoms with Crippen molar-refractivity contribution in [3.8, 4) is 0 Å². The number of nitrogens with zero attached hydrogens (tertiary/aromatic N) is 1. The lowest BCUT2D eigenvalue weighted by Gasteiger charge is -2.21. The van der Waals surface area contributed by atoms with Crippen LogP contribution in [0.5, 0.6) is 0 Å². The van der Waals surface area contributed by atoms with Gasteiger partial charge >= 0.3 is 5.97 Å². The number of halogens is 1. The summed E-state index contributed by atoms with van der Waals surface area (Å²) in [7, 11) is -2.14. The Bertz CT molecular complexity index is 638. The lowest BCUT2D eigenvalue weighted by atomic mass is 10.1. The Kier molecular flexibility index (Phi) is 5.06. The van der Waals surface area contributed by atoms with E-state index in [2.05, 4.69) is 15.9 Å². The Morgan fingerprint density at radius 2 is 2.00 bits per heavy atom. The van der Waals surface area contributed by atoms with E-state index in [1.54, 1.807) is 7.05 Å². The van der Waals surface area contributed by atoms with Crippen LogP contribution in [0.25, 0.3) is 0 Å². The lowest BCUT2D eigenvalue weighted by Crippen LogP contribution is -2.31. The largest absolute Gasteiger partial charge is 0.478 e. The van der Waals surface area contributed by atoms with Gasteiger partial charge < -0.3 is 5.11 Å². The Hall–Kier alpha value is -0.920. The molecule has 1 aromatic carbocycles. The van der Waals surface area contributed by atoms with Gasteiger partial charge in [-0.25, -0.2) is 17.5 Å². The van der Waals surface area contributed by atoms with Gasteiger partial charge in [0.15, 0.2) is 0 Å². The Balaban J connectivity index is 2.29. The van der Waals surface area contributed by atoms with Gasteiger partial charge in [-0.2, -0.15) is 0 Å². The number of carboxylic acids is 1. The zero-order valence-corrected chi connectivity index (χ0v) is 14.2. The summed E-state index contributed by atoms with van der Waals surface area (Å²) in [5.74, 6) is -0.747. The van der Waals surface area contributed by atoms with Crippen LogP contribution in [0.15, 0.2) is 27.6 Å². The van der Waals surface area contributed by atoms with E-state index in [-0.39, 0.29) is 10.5 Å². The predicted octanol–water partition coefficient (Wildman–Crippen LogP) is 2.96. The van der Waals surface area contributed by atoms with E-state index in [0.717, 1.165) is 25.7 Å². The van der Waals surface area contributed by atoms with E-state index in [4.69, 9.17) is 5.11 Å². The quantitative estimate of drug-likeness (QED) is 0.858. The van der Waals surface area contributed by atoms with Crippen LogP contribution >= 0.6 is 15.9 Å². The third-order valence-electron chi connectivity index (χ3n) is 3.86. The second-order valence-corrected chi connectivity index (χ2v) is 8.25. The minimum absolute atomic E-state index is 0.00268. The van der Waals surface area contributed by atoms with Gasteiger partial charge in [0.2, 0.25) is 10.0 Å². The van der Waals surface area contributed by atoms with Gasteiger partial charge in [-0.15, -0.1) is 0 Å². The zero-order chi connectivity index (χ0) is 15.6. The van der Waals surface area contributed by atoms with Crippen LogP contribution in [0, 0.1) is 5.92 Å². The van der Waals surface area contributed by atoms with Crippen molar-refractivity contribution in [2.45, 2.75) is 30.6 Å². The summed E-state index contributed by atoms with van der Waals surface area (Å²) >= 11 is 3.20. The minimum atomic E-state index is -3.69. The molecule has 0 aromatic heterocycles. The molecule has 1 N–H and O–H groups in total. The molecule has 7 heteroatoms. The number of hydrogen-bond acceptors (Lipinski definition) is 3. The van der Waals surface area contributed by atoms with Gasteiger partial charge in [0.25, 0.3) is 0 Å². The SMILES string of the molecule is CN(CC1CCCC1)S(=O)(=O)c1cc(C(=O)O)ccc1Br. The first-order chi connectivity index (χ1) is 9.82. The molecule has 21 heavy (non-hydrogen) atoms. The molecule has 0 spiro atoms. The number of rotatable bonds is 5. The van der Waals surface area contributed by atoms with E-state index >= 15 is 0 Å². The van der Waals surface area contributed by atoms with E-state index in [0.29, 0.717) is 16.9 Å². The molecule has 0 atom stereocenters.